The maximum Gasteiger partial charge on any atom is 0.151 e. The molecule has 0 heterocycles. The highest BCUT2D eigenvalue weighted by atomic mass is 19.1. The fourth-order valence-electron chi connectivity index (χ4n) is 1.94. The minimum Gasteiger partial charge on any atom is -0.399 e. The van der Waals surface area contributed by atoms with Crippen LogP contribution in [0.2, 0.25) is 0 Å². The van der Waals surface area contributed by atoms with Crippen LogP contribution in [0.25, 0.3) is 0 Å². The van der Waals surface area contributed by atoms with Crippen molar-refractivity contribution in [1.82, 2.24) is 0 Å². The van der Waals surface area contributed by atoms with Gasteiger partial charge in [0.15, 0.2) is 11.6 Å². The molecule has 2 nitrogen and oxygen atoms in total. The van der Waals surface area contributed by atoms with Gasteiger partial charge in [0, 0.05) is 19.3 Å². The zero-order chi connectivity index (χ0) is 14.0. The average molecular weight is 266 g/mol. The van der Waals surface area contributed by atoms with Gasteiger partial charge in [-0.25, -0.2) is 13.2 Å². The third-order valence-electron chi connectivity index (χ3n) is 2.73. The third-order valence-corrected chi connectivity index (χ3v) is 2.73. The predicted octanol–water partition coefficient (Wildman–Crippen LogP) is 3.32. The molecule has 0 spiro atoms. The molecule has 0 amide bonds. The molecule has 0 unspecified atom stereocenters. The monoisotopic (exact) mass is 266 g/mol. The Kier molecular flexibility index (Phi) is 3.64. The number of anilines is 2. The number of halogens is 3. The number of hydrogen-bond donors (Lipinski definition) is 1. The first-order chi connectivity index (χ1) is 8.97. The van der Waals surface area contributed by atoms with Crippen LogP contribution in [0.15, 0.2) is 36.4 Å². The number of hydrogen-bond acceptors (Lipinski definition) is 2. The van der Waals surface area contributed by atoms with Gasteiger partial charge in [-0.2, -0.15) is 0 Å². The molecule has 2 aromatic rings. The molecule has 2 rings (SSSR count). The lowest BCUT2D eigenvalue weighted by Crippen LogP contribution is -2.19. The lowest BCUT2D eigenvalue weighted by atomic mass is 10.2. The Labute approximate surface area is 109 Å². The minimum absolute atomic E-state index is 0.0258. The van der Waals surface area contributed by atoms with E-state index in [-0.39, 0.29) is 23.7 Å². The summed E-state index contributed by atoms with van der Waals surface area (Å²) in [6, 6.07) is 7.99. The normalized spacial score (nSPS) is 10.5. The van der Waals surface area contributed by atoms with Crippen molar-refractivity contribution >= 4 is 11.4 Å². The lowest BCUT2D eigenvalue weighted by Gasteiger charge is -2.21. The number of benzene rings is 2. The molecule has 0 saturated heterocycles. The van der Waals surface area contributed by atoms with Crippen molar-refractivity contribution in [3.8, 4) is 0 Å². The van der Waals surface area contributed by atoms with Gasteiger partial charge in [0.2, 0.25) is 0 Å². The summed E-state index contributed by atoms with van der Waals surface area (Å²) >= 11 is 0. The Morgan fingerprint density at radius 3 is 2.26 bits per heavy atom. The quantitative estimate of drug-likeness (QED) is 0.863. The molecule has 100 valence electrons. The maximum atomic E-state index is 13.7. The van der Waals surface area contributed by atoms with Crippen molar-refractivity contribution in [2.75, 3.05) is 17.7 Å². The number of rotatable bonds is 3. The van der Waals surface area contributed by atoms with Gasteiger partial charge in [-0.1, -0.05) is 12.1 Å². The number of nitrogens with two attached hydrogens (primary N) is 1. The van der Waals surface area contributed by atoms with E-state index in [4.69, 9.17) is 5.73 Å². The molecule has 5 heteroatoms. The van der Waals surface area contributed by atoms with Gasteiger partial charge in [0.05, 0.1) is 0 Å². The van der Waals surface area contributed by atoms with Crippen LogP contribution in [-0.2, 0) is 6.54 Å². The second-order valence-corrected chi connectivity index (χ2v) is 4.32. The fourth-order valence-corrected chi connectivity index (χ4v) is 1.94. The molecule has 0 aliphatic carbocycles. The first-order valence-electron chi connectivity index (χ1n) is 5.67. The summed E-state index contributed by atoms with van der Waals surface area (Å²) < 4.78 is 40.5. The first-order valence-corrected chi connectivity index (χ1v) is 5.67. The second-order valence-electron chi connectivity index (χ2n) is 4.32. The standard InChI is InChI=1S/C14H13F3N2/c1-19(8-9-3-2-4-10(15)5-9)14-12(16)6-11(18)7-13(14)17/h2-7H,8,18H2,1H3. The molecule has 19 heavy (non-hydrogen) atoms. The molecule has 0 aliphatic rings. The van der Waals surface area contributed by atoms with Crippen molar-refractivity contribution in [2.24, 2.45) is 0 Å². The Hall–Kier alpha value is -2.17. The smallest absolute Gasteiger partial charge is 0.151 e. The van der Waals surface area contributed by atoms with Crippen LogP contribution in [0, 0.1) is 17.5 Å². The SMILES string of the molecule is CN(Cc1cccc(F)c1)c1c(F)cc(N)cc1F. The highest BCUT2D eigenvalue weighted by molar-refractivity contribution is 5.55. The molecule has 0 fully saturated rings. The van der Waals surface area contributed by atoms with Crippen LogP contribution < -0.4 is 10.6 Å². The van der Waals surface area contributed by atoms with E-state index in [0.29, 0.717) is 5.56 Å². The zero-order valence-electron chi connectivity index (χ0n) is 10.3. The molecule has 2 aromatic carbocycles. The van der Waals surface area contributed by atoms with Gasteiger partial charge in [-0.15, -0.1) is 0 Å². The third kappa shape index (κ3) is 2.99. The van der Waals surface area contributed by atoms with Crippen molar-refractivity contribution < 1.29 is 13.2 Å². The molecule has 0 radical (unpaired) electrons. The van der Waals surface area contributed by atoms with Crippen LogP contribution in [0.1, 0.15) is 5.56 Å². The highest BCUT2D eigenvalue weighted by Crippen LogP contribution is 2.26. The van der Waals surface area contributed by atoms with Crippen molar-refractivity contribution in [1.29, 1.82) is 0 Å². The van der Waals surface area contributed by atoms with Gasteiger partial charge in [-0.3, -0.25) is 0 Å². The van der Waals surface area contributed by atoms with E-state index in [2.05, 4.69) is 0 Å². The van der Waals surface area contributed by atoms with E-state index in [1.165, 1.54) is 24.1 Å². The van der Waals surface area contributed by atoms with Gasteiger partial charge in [0.25, 0.3) is 0 Å². The summed E-state index contributed by atoms with van der Waals surface area (Å²) in [4.78, 5) is 1.37. The van der Waals surface area contributed by atoms with Crippen LogP contribution in [-0.4, -0.2) is 7.05 Å². The molecule has 0 atom stereocenters. The van der Waals surface area contributed by atoms with E-state index < -0.39 is 11.6 Å². The van der Waals surface area contributed by atoms with Crippen LogP contribution in [0.4, 0.5) is 24.5 Å². The van der Waals surface area contributed by atoms with Crippen molar-refractivity contribution in [2.45, 2.75) is 6.54 Å². The summed E-state index contributed by atoms with van der Waals surface area (Å²) in [6.07, 6.45) is 0. The highest BCUT2D eigenvalue weighted by Gasteiger charge is 2.15. The largest absolute Gasteiger partial charge is 0.399 e. The van der Waals surface area contributed by atoms with Crippen LogP contribution in [0.5, 0.6) is 0 Å². The van der Waals surface area contributed by atoms with E-state index >= 15 is 0 Å². The Morgan fingerprint density at radius 2 is 1.68 bits per heavy atom. The maximum absolute atomic E-state index is 13.7. The van der Waals surface area contributed by atoms with E-state index in [0.717, 1.165) is 12.1 Å². The molecule has 2 N–H and O–H groups in total. The topological polar surface area (TPSA) is 29.3 Å². The molecule has 0 saturated carbocycles. The van der Waals surface area contributed by atoms with Crippen molar-refractivity contribution in [3.63, 3.8) is 0 Å². The van der Waals surface area contributed by atoms with Gasteiger partial charge < -0.3 is 10.6 Å². The predicted molar refractivity (Wildman–Crippen MR) is 69.3 cm³/mol. The Bertz CT molecular complexity index is 576. The summed E-state index contributed by atoms with van der Waals surface area (Å²) in [5, 5.41) is 0. The molecular formula is C14H13F3N2. The summed E-state index contributed by atoms with van der Waals surface area (Å²) in [6.45, 7) is 0.190. The average Bonchev–Trinajstić information content (AvgIpc) is 2.27. The second kappa shape index (κ2) is 5.22. The molecule has 0 aromatic heterocycles. The van der Waals surface area contributed by atoms with E-state index in [9.17, 15) is 13.2 Å². The van der Waals surface area contributed by atoms with Crippen LogP contribution >= 0.6 is 0 Å². The first kappa shape index (κ1) is 13.3. The van der Waals surface area contributed by atoms with Gasteiger partial charge in [0.1, 0.15) is 11.5 Å². The zero-order valence-corrected chi connectivity index (χ0v) is 10.3. The minimum atomic E-state index is -0.739. The van der Waals surface area contributed by atoms with Gasteiger partial charge in [-0.05, 0) is 29.8 Å². The number of nitrogens with zero attached hydrogens (tertiary/aromatic N) is 1. The summed E-state index contributed by atoms with van der Waals surface area (Å²) in [7, 11) is 1.53. The molecular weight excluding hydrogens is 253 g/mol. The fraction of sp³-hybridized carbons (Fsp3) is 0.143. The summed E-state index contributed by atoms with van der Waals surface area (Å²) in [5.74, 6) is -1.86. The Morgan fingerprint density at radius 1 is 1.05 bits per heavy atom. The number of nitrogen functional groups attached to an aromatic ring is 1. The molecule has 0 bridgehead atoms. The molecule has 0 aliphatic heterocycles. The lowest BCUT2D eigenvalue weighted by molar-refractivity contribution is 0.577. The van der Waals surface area contributed by atoms with E-state index in [1.807, 2.05) is 0 Å². The Balaban J connectivity index is 2.28. The van der Waals surface area contributed by atoms with Gasteiger partial charge >= 0.3 is 0 Å². The van der Waals surface area contributed by atoms with E-state index in [1.54, 1.807) is 12.1 Å². The summed E-state index contributed by atoms with van der Waals surface area (Å²) in [5.41, 5.74) is 5.82. The van der Waals surface area contributed by atoms with Crippen LogP contribution in [0.3, 0.4) is 0 Å². The van der Waals surface area contributed by atoms with Crippen molar-refractivity contribution in [3.05, 3.63) is 59.4 Å².